The summed E-state index contributed by atoms with van der Waals surface area (Å²) in [6.07, 6.45) is 4.24. The van der Waals surface area contributed by atoms with Crippen LogP contribution in [0.3, 0.4) is 0 Å². The lowest BCUT2D eigenvalue weighted by atomic mass is 9.77. The average molecular weight is 315 g/mol. The van der Waals surface area contributed by atoms with Crippen molar-refractivity contribution >= 4 is 22.9 Å². The van der Waals surface area contributed by atoms with Crippen molar-refractivity contribution in [3.8, 4) is 0 Å². The molecule has 0 unspecified atom stereocenters. The van der Waals surface area contributed by atoms with Crippen LogP contribution in [0.15, 0.2) is 29.6 Å². The van der Waals surface area contributed by atoms with Gasteiger partial charge in [-0.1, -0.05) is 18.2 Å². The Morgan fingerprint density at radius 1 is 1.41 bits per heavy atom. The van der Waals surface area contributed by atoms with Gasteiger partial charge in [0.15, 0.2) is 0 Å². The first-order valence-corrected chi connectivity index (χ1v) is 8.54. The Bertz CT molecular complexity index is 676. The molecular formula is C17H21N3OS. The SMILES string of the molecule is Cc1csc(C2(NC(=O)CCc3ccccc3N)CCC2)n1. The zero-order chi connectivity index (χ0) is 15.6. The fraction of sp³-hybridized carbons (Fsp3) is 0.412. The van der Waals surface area contributed by atoms with E-state index in [0.29, 0.717) is 12.8 Å². The zero-order valence-corrected chi connectivity index (χ0v) is 13.6. The molecule has 2 aromatic rings. The molecule has 3 rings (SSSR count). The van der Waals surface area contributed by atoms with Crippen LogP contribution in [0.2, 0.25) is 0 Å². The van der Waals surface area contributed by atoms with Gasteiger partial charge in [0, 0.05) is 23.2 Å². The number of nitrogens with two attached hydrogens (primary N) is 1. The second kappa shape index (κ2) is 6.08. The number of hydrogen-bond donors (Lipinski definition) is 2. The molecule has 4 nitrogen and oxygen atoms in total. The third kappa shape index (κ3) is 2.99. The van der Waals surface area contributed by atoms with Crippen LogP contribution in [-0.4, -0.2) is 10.9 Å². The molecule has 1 aromatic heterocycles. The first-order chi connectivity index (χ1) is 10.6. The van der Waals surface area contributed by atoms with Crippen LogP contribution >= 0.6 is 11.3 Å². The quantitative estimate of drug-likeness (QED) is 0.833. The van der Waals surface area contributed by atoms with Crippen LogP contribution in [0.25, 0.3) is 0 Å². The van der Waals surface area contributed by atoms with Gasteiger partial charge in [-0.15, -0.1) is 11.3 Å². The largest absolute Gasteiger partial charge is 0.399 e. The van der Waals surface area contributed by atoms with Crippen LogP contribution in [0.4, 0.5) is 5.69 Å². The molecule has 1 fully saturated rings. The highest BCUT2D eigenvalue weighted by atomic mass is 32.1. The molecule has 3 N–H and O–H groups in total. The van der Waals surface area contributed by atoms with Crippen molar-refractivity contribution in [1.29, 1.82) is 0 Å². The first-order valence-electron chi connectivity index (χ1n) is 7.66. The fourth-order valence-electron chi connectivity index (χ4n) is 2.84. The van der Waals surface area contributed by atoms with Crippen molar-refractivity contribution in [1.82, 2.24) is 10.3 Å². The van der Waals surface area contributed by atoms with Crippen molar-refractivity contribution in [2.24, 2.45) is 0 Å². The van der Waals surface area contributed by atoms with Crippen LogP contribution in [-0.2, 0) is 16.8 Å². The van der Waals surface area contributed by atoms with Crippen LogP contribution < -0.4 is 11.1 Å². The van der Waals surface area contributed by atoms with E-state index in [9.17, 15) is 4.79 Å². The summed E-state index contributed by atoms with van der Waals surface area (Å²) in [6.45, 7) is 1.99. The molecule has 1 aromatic carbocycles. The highest BCUT2D eigenvalue weighted by molar-refractivity contribution is 7.09. The molecule has 1 saturated carbocycles. The smallest absolute Gasteiger partial charge is 0.221 e. The Labute approximate surface area is 134 Å². The summed E-state index contributed by atoms with van der Waals surface area (Å²) < 4.78 is 0. The standard InChI is InChI=1S/C17H21N3OS/c1-12-11-22-16(19-12)17(9-4-10-17)20-15(21)8-7-13-5-2-3-6-14(13)18/h2-3,5-6,11H,4,7-10,18H2,1H3,(H,20,21). The van der Waals surface area contributed by atoms with Crippen molar-refractivity contribution in [2.75, 3.05) is 5.73 Å². The Morgan fingerprint density at radius 2 is 2.18 bits per heavy atom. The number of para-hydroxylation sites is 1. The summed E-state index contributed by atoms with van der Waals surface area (Å²) in [6, 6.07) is 7.72. The van der Waals surface area contributed by atoms with Gasteiger partial charge in [0.2, 0.25) is 5.91 Å². The Kier molecular flexibility index (Phi) is 4.16. The molecule has 0 spiro atoms. The molecule has 22 heavy (non-hydrogen) atoms. The van der Waals surface area contributed by atoms with E-state index in [1.54, 1.807) is 11.3 Å². The summed E-state index contributed by atoms with van der Waals surface area (Å²) in [4.78, 5) is 16.9. The van der Waals surface area contributed by atoms with E-state index in [1.165, 1.54) is 0 Å². The maximum Gasteiger partial charge on any atom is 0.221 e. The monoisotopic (exact) mass is 315 g/mol. The molecule has 1 heterocycles. The van der Waals surface area contributed by atoms with Gasteiger partial charge >= 0.3 is 0 Å². The number of thiazole rings is 1. The van der Waals surface area contributed by atoms with Gasteiger partial charge in [-0.3, -0.25) is 4.79 Å². The molecule has 116 valence electrons. The van der Waals surface area contributed by atoms with E-state index in [-0.39, 0.29) is 11.4 Å². The number of amides is 1. The molecule has 0 aliphatic heterocycles. The van der Waals surface area contributed by atoms with Crippen molar-refractivity contribution in [3.05, 3.63) is 45.9 Å². The number of anilines is 1. The molecule has 5 heteroatoms. The normalized spacial score (nSPS) is 16.0. The predicted octanol–water partition coefficient (Wildman–Crippen LogP) is 3.16. The molecule has 0 atom stereocenters. The number of carbonyl (C=O) groups excluding carboxylic acids is 1. The van der Waals surface area contributed by atoms with Crippen molar-refractivity contribution < 1.29 is 4.79 Å². The van der Waals surface area contributed by atoms with E-state index in [0.717, 1.165) is 41.2 Å². The maximum absolute atomic E-state index is 12.3. The minimum absolute atomic E-state index is 0.0795. The highest BCUT2D eigenvalue weighted by Gasteiger charge is 2.42. The Balaban J connectivity index is 1.62. The van der Waals surface area contributed by atoms with Gasteiger partial charge < -0.3 is 11.1 Å². The van der Waals surface area contributed by atoms with Crippen molar-refractivity contribution in [2.45, 2.75) is 44.6 Å². The number of aromatic nitrogens is 1. The maximum atomic E-state index is 12.3. The lowest BCUT2D eigenvalue weighted by Crippen LogP contribution is -2.50. The zero-order valence-electron chi connectivity index (χ0n) is 12.8. The summed E-state index contributed by atoms with van der Waals surface area (Å²) in [5.41, 5.74) is 8.51. The van der Waals surface area contributed by atoms with Gasteiger partial charge in [0.1, 0.15) is 5.01 Å². The summed E-state index contributed by atoms with van der Waals surface area (Å²) in [7, 11) is 0. The van der Waals surface area contributed by atoms with Crippen LogP contribution in [0, 0.1) is 6.92 Å². The summed E-state index contributed by atoms with van der Waals surface area (Å²) in [5, 5.41) is 6.31. The summed E-state index contributed by atoms with van der Waals surface area (Å²) >= 11 is 1.65. The lowest BCUT2D eigenvalue weighted by Gasteiger charge is -2.40. The van der Waals surface area contributed by atoms with Gasteiger partial charge in [-0.2, -0.15) is 0 Å². The predicted molar refractivity (Wildman–Crippen MR) is 89.7 cm³/mol. The second-order valence-corrected chi connectivity index (χ2v) is 6.83. The van der Waals surface area contributed by atoms with Gasteiger partial charge in [-0.25, -0.2) is 4.98 Å². The van der Waals surface area contributed by atoms with Gasteiger partial charge in [0.25, 0.3) is 0 Å². The molecule has 1 amide bonds. The first kappa shape index (κ1) is 15.0. The van der Waals surface area contributed by atoms with Crippen molar-refractivity contribution in [3.63, 3.8) is 0 Å². The topological polar surface area (TPSA) is 68.0 Å². The van der Waals surface area contributed by atoms with Crippen LogP contribution in [0.1, 0.15) is 41.9 Å². The molecule has 0 saturated heterocycles. The number of aryl methyl sites for hydroxylation is 2. The Morgan fingerprint density at radius 3 is 2.77 bits per heavy atom. The number of nitrogens with zero attached hydrogens (tertiary/aromatic N) is 1. The third-order valence-electron chi connectivity index (χ3n) is 4.29. The average Bonchev–Trinajstić information content (AvgIpc) is 2.89. The number of benzene rings is 1. The number of carbonyl (C=O) groups is 1. The second-order valence-electron chi connectivity index (χ2n) is 5.98. The number of hydrogen-bond acceptors (Lipinski definition) is 4. The highest BCUT2D eigenvalue weighted by Crippen LogP contribution is 2.42. The van der Waals surface area contributed by atoms with Gasteiger partial charge in [-0.05, 0) is 44.2 Å². The van der Waals surface area contributed by atoms with E-state index >= 15 is 0 Å². The molecular weight excluding hydrogens is 294 g/mol. The van der Waals surface area contributed by atoms with E-state index in [2.05, 4.69) is 10.3 Å². The minimum Gasteiger partial charge on any atom is -0.399 e. The molecule has 0 radical (unpaired) electrons. The van der Waals surface area contributed by atoms with E-state index < -0.39 is 0 Å². The number of rotatable bonds is 5. The fourth-order valence-corrected chi connectivity index (χ4v) is 3.85. The third-order valence-corrected chi connectivity index (χ3v) is 5.45. The van der Waals surface area contributed by atoms with Crippen LogP contribution in [0.5, 0.6) is 0 Å². The van der Waals surface area contributed by atoms with Gasteiger partial charge in [0.05, 0.1) is 5.54 Å². The molecule has 1 aliphatic carbocycles. The van der Waals surface area contributed by atoms with E-state index in [1.807, 2.05) is 36.6 Å². The minimum atomic E-state index is -0.224. The Hall–Kier alpha value is -1.88. The number of nitrogens with one attached hydrogen (secondary N) is 1. The number of nitrogen functional groups attached to an aromatic ring is 1. The van der Waals surface area contributed by atoms with E-state index in [4.69, 9.17) is 5.73 Å². The lowest BCUT2D eigenvalue weighted by molar-refractivity contribution is -0.124. The summed E-state index contributed by atoms with van der Waals surface area (Å²) in [5.74, 6) is 0.0795. The molecule has 1 aliphatic rings. The molecule has 0 bridgehead atoms.